The number of H-pyrrole nitrogens is 1. The molecule has 0 saturated carbocycles. The van der Waals surface area contributed by atoms with Crippen molar-refractivity contribution in [3.63, 3.8) is 0 Å². The first-order chi connectivity index (χ1) is 16.9. The van der Waals surface area contributed by atoms with Crippen LogP contribution < -0.4 is 16.2 Å². The van der Waals surface area contributed by atoms with E-state index in [2.05, 4.69) is 20.6 Å². The molecule has 35 heavy (non-hydrogen) atoms. The molecule has 3 heterocycles. The molecule has 2 aliphatic rings. The van der Waals surface area contributed by atoms with Gasteiger partial charge in [0.15, 0.2) is 0 Å². The first kappa shape index (κ1) is 23.8. The number of carbonyl (C=O) groups is 1. The number of fused-ring (bicyclic) bond motifs is 2. The molecule has 0 unspecified atom stereocenters. The van der Waals surface area contributed by atoms with E-state index < -0.39 is 5.82 Å². The van der Waals surface area contributed by atoms with E-state index in [0.717, 1.165) is 43.5 Å². The van der Waals surface area contributed by atoms with Crippen LogP contribution >= 0.6 is 11.6 Å². The topological polar surface area (TPSA) is 90.1 Å². The Bertz CT molecular complexity index is 1320. The first-order valence-corrected chi connectivity index (χ1v) is 12.5. The number of halogens is 2. The van der Waals surface area contributed by atoms with Crippen molar-refractivity contribution in [2.45, 2.75) is 38.6 Å². The summed E-state index contributed by atoms with van der Waals surface area (Å²) in [5.74, 6) is 0.300. The molecule has 5 rings (SSSR count). The number of carbonyl (C=O) groups excluding carboxylic acids is 1. The summed E-state index contributed by atoms with van der Waals surface area (Å²) in [5.41, 5.74) is 2.46. The fourth-order valence-corrected chi connectivity index (χ4v) is 5.42. The molecular formula is C26H29ClFN5O2. The fourth-order valence-electron chi connectivity index (χ4n) is 5.23. The Morgan fingerprint density at radius 1 is 1.31 bits per heavy atom. The zero-order chi connectivity index (χ0) is 24.5. The summed E-state index contributed by atoms with van der Waals surface area (Å²) >= 11 is 6.11. The number of anilines is 1. The number of amides is 1. The molecule has 0 spiro atoms. The van der Waals surface area contributed by atoms with Crippen molar-refractivity contribution in [3.8, 4) is 0 Å². The highest BCUT2D eigenvalue weighted by atomic mass is 35.5. The van der Waals surface area contributed by atoms with E-state index in [0.29, 0.717) is 35.2 Å². The third kappa shape index (κ3) is 5.04. The number of aromatic nitrogens is 2. The van der Waals surface area contributed by atoms with Crippen LogP contribution in [0.3, 0.4) is 0 Å². The summed E-state index contributed by atoms with van der Waals surface area (Å²) in [5, 5.41) is 7.18. The van der Waals surface area contributed by atoms with Gasteiger partial charge >= 0.3 is 0 Å². The number of nitrogens with zero attached hydrogens (tertiary/aromatic N) is 2. The summed E-state index contributed by atoms with van der Waals surface area (Å²) in [6, 6.07) is 8.36. The number of aromatic amines is 1. The van der Waals surface area contributed by atoms with E-state index in [1.807, 2.05) is 25.1 Å². The predicted molar refractivity (Wildman–Crippen MR) is 135 cm³/mol. The minimum absolute atomic E-state index is 0.0561. The summed E-state index contributed by atoms with van der Waals surface area (Å²) < 4.78 is 14.8. The van der Waals surface area contributed by atoms with Crippen molar-refractivity contribution in [1.29, 1.82) is 0 Å². The first-order valence-electron chi connectivity index (χ1n) is 12.1. The lowest BCUT2D eigenvalue weighted by molar-refractivity contribution is -0.131. The molecule has 2 aromatic carbocycles. The molecule has 2 aliphatic heterocycles. The van der Waals surface area contributed by atoms with Gasteiger partial charge in [-0.2, -0.15) is 0 Å². The molecule has 0 bridgehead atoms. The lowest BCUT2D eigenvalue weighted by atomic mass is 9.93. The van der Waals surface area contributed by atoms with Crippen molar-refractivity contribution in [3.05, 3.63) is 68.5 Å². The van der Waals surface area contributed by atoms with Crippen molar-refractivity contribution >= 4 is 34.1 Å². The van der Waals surface area contributed by atoms with Gasteiger partial charge in [0.25, 0.3) is 5.56 Å². The smallest absolute Gasteiger partial charge is 0.258 e. The van der Waals surface area contributed by atoms with Gasteiger partial charge in [0, 0.05) is 18.0 Å². The third-order valence-electron chi connectivity index (χ3n) is 7.12. The summed E-state index contributed by atoms with van der Waals surface area (Å²) in [6.07, 6.45) is 3.57. The second kappa shape index (κ2) is 9.95. The van der Waals surface area contributed by atoms with Gasteiger partial charge < -0.3 is 20.5 Å². The Kier molecular flexibility index (Phi) is 6.75. The van der Waals surface area contributed by atoms with E-state index in [-0.39, 0.29) is 35.1 Å². The maximum atomic E-state index is 14.8. The largest absolute Gasteiger partial charge is 0.374 e. The number of benzene rings is 2. The zero-order valence-electron chi connectivity index (χ0n) is 19.7. The number of nitrogens with one attached hydrogen (secondary N) is 3. The molecule has 1 aromatic heterocycles. The predicted octanol–water partition coefficient (Wildman–Crippen LogP) is 3.82. The molecule has 184 valence electrons. The van der Waals surface area contributed by atoms with E-state index in [1.165, 1.54) is 12.1 Å². The van der Waals surface area contributed by atoms with E-state index in [4.69, 9.17) is 11.6 Å². The highest BCUT2D eigenvalue weighted by Crippen LogP contribution is 2.31. The Labute approximate surface area is 208 Å². The monoisotopic (exact) mass is 497 g/mol. The van der Waals surface area contributed by atoms with Crippen LogP contribution in [-0.4, -0.2) is 47.0 Å². The highest BCUT2D eigenvalue weighted by molar-refractivity contribution is 6.30. The molecule has 3 N–H and O–H groups in total. The molecule has 7 nitrogen and oxygen atoms in total. The second-order valence-electron chi connectivity index (χ2n) is 9.49. The zero-order valence-corrected chi connectivity index (χ0v) is 20.4. The van der Waals surface area contributed by atoms with Crippen LogP contribution in [0.1, 0.15) is 42.8 Å². The summed E-state index contributed by atoms with van der Waals surface area (Å²) in [4.78, 5) is 34.8. The van der Waals surface area contributed by atoms with Crippen molar-refractivity contribution in [2.24, 2.45) is 5.92 Å². The number of rotatable bonds is 5. The quantitative estimate of drug-likeness (QED) is 0.498. The molecule has 1 fully saturated rings. The van der Waals surface area contributed by atoms with Crippen LogP contribution in [0, 0.1) is 11.7 Å². The van der Waals surface area contributed by atoms with E-state index in [1.54, 1.807) is 4.90 Å². The van der Waals surface area contributed by atoms with Crippen LogP contribution in [0.4, 0.5) is 10.1 Å². The average molecular weight is 498 g/mol. The average Bonchev–Trinajstić information content (AvgIpc) is 2.84. The molecule has 0 aliphatic carbocycles. The van der Waals surface area contributed by atoms with Crippen molar-refractivity contribution in [2.75, 3.05) is 31.5 Å². The SMILES string of the molecule is C[C@H]1c2ccc(Cl)cc2CCN1C(=O)CNc1cc2nc(C[C@@H]3CCCNC3)[nH]c(=O)c2cc1F. The maximum Gasteiger partial charge on any atom is 0.258 e. The molecule has 9 heteroatoms. The minimum atomic E-state index is -0.589. The van der Waals surface area contributed by atoms with E-state index in [9.17, 15) is 14.0 Å². The van der Waals surface area contributed by atoms with Gasteiger partial charge in [-0.15, -0.1) is 0 Å². The molecule has 2 atom stereocenters. The summed E-state index contributed by atoms with van der Waals surface area (Å²) in [6.45, 7) is 4.42. The number of hydrogen-bond donors (Lipinski definition) is 3. The fraction of sp³-hybridized carbons (Fsp3) is 0.423. The molecule has 1 amide bonds. The minimum Gasteiger partial charge on any atom is -0.374 e. The van der Waals surface area contributed by atoms with Crippen LogP contribution in [0.25, 0.3) is 10.9 Å². The highest BCUT2D eigenvalue weighted by Gasteiger charge is 2.27. The van der Waals surface area contributed by atoms with Gasteiger partial charge in [0.05, 0.1) is 29.2 Å². The Morgan fingerprint density at radius 2 is 2.17 bits per heavy atom. The Balaban J connectivity index is 1.31. The number of piperidine rings is 1. The normalized spacial score (nSPS) is 20.0. The number of hydrogen-bond acceptors (Lipinski definition) is 5. The molecule has 3 aromatic rings. The van der Waals surface area contributed by atoms with Crippen molar-refractivity contribution < 1.29 is 9.18 Å². The van der Waals surface area contributed by atoms with Gasteiger partial charge in [0.2, 0.25) is 5.91 Å². The van der Waals surface area contributed by atoms with E-state index >= 15 is 0 Å². The Morgan fingerprint density at radius 3 is 2.97 bits per heavy atom. The van der Waals surface area contributed by atoms with Crippen LogP contribution in [-0.2, 0) is 17.6 Å². The molecule has 1 saturated heterocycles. The van der Waals surface area contributed by atoms with Crippen molar-refractivity contribution in [1.82, 2.24) is 20.2 Å². The summed E-state index contributed by atoms with van der Waals surface area (Å²) in [7, 11) is 0. The van der Waals surface area contributed by atoms with Gasteiger partial charge in [-0.1, -0.05) is 17.7 Å². The lowest BCUT2D eigenvalue weighted by Gasteiger charge is -2.35. The Hall–Kier alpha value is -2.97. The van der Waals surface area contributed by atoms with Gasteiger partial charge in [-0.3, -0.25) is 9.59 Å². The maximum absolute atomic E-state index is 14.8. The van der Waals surface area contributed by atoms with Gasteiger partial charge in [0.1, 0.15) is 11.6 Å². The van der Waals surface area contributed by atoms with Gasteiger partial charge in [-0.05, 0) is 80.6 Å². The second-order valence-corrected chi connectivity index (χ2v) is 9.92. The van der Waals surface area contributed by atoms with Gasteiger partial charge in [-0.25, -0.2) is 9.37 Å². The van der Waals surface area contributed by atoms with Crippen LogP contribution in [0.2, 0.25) is 5.02 Å². The standard InChI is InChI=1S/C26H29ClFN5O2/c1-15-19-5-4-18(27)10-17(19)6-8-33(15)25(34)14-30-23-12-22-20(11-21(23)28)26(35)32-24(31-22)9-16-3-2-7-29-13-16/h4-5,10-12,15-16,29-30H,2-3,6-9,13-14H2,1H3,(H,31,32,35)/t15-,16-/m0/s1. The molecule has 0 radical (unpaired) electrons. The van der Waals surface area contributed by atoms with Crippen LogP contribution in [0.15, 0.2) is 35.1 Å². The molecular weight excluding hydrogens is 469 g/mol. The third-order valence-corrected chi connectivity index (χ3v) is 7.35. The lowest BCUT2D eigenvalue weighted by Crippen LogP contribution is -2.41. The van der Waals surface area contributed by atoms with Crippen LogP contribution in [0.5, 0.6) is 0 Å².